The van der Waals surface area contributed by atoms with Crippen molar-refractivity contribution in [2.45, 2.75) is 13.5 Å². The third kappa shape index (κ3) is 4.03. The SMILES string of the molecule is Cc1cc(=O)c(C(=O)Nc2cccc(CN(C)C)c2)c[nH]1. The highest BCUT2D eigenvalue weighted by atomic mass is 16.2. The molecule has 0 aliphatic carbocycles. The summed E-state index contributed by atoms with van der Waals surface area (Å²) in [6, 6.07) is 9.00. The van der Waals surface area contributed by atoms with Crippen molar-refractivity contribution < 1.29 is 4.79 Å². The van der Waals surface area contributed by atoms with Crippen LogP contribution in [0.5, 0.6) is 0 Å². The van der Waals surface area contributed by atoms with Crippen molar-refractivity contribution in [2.24, 2.45) is 0 Å². The highest BCUT2D eigenvalue weighted by molar-refractivity contribution is 6.04. The van der Waals surface area contributed by atoms with Gasteiger partial charge >= 0.3 is 0 Å². The molecule has 0 saturated carbocycles. The van der Waals surface area contributed by atoms with Gasteiger partial charge in [0.1, 0.15) is 5.56 Å². The lowest BCUT2D eigenvalue weighted by Gasteiger charge is -2.11. The zero-order valence-electron chi connectivity index (χ0n) is 12.4. The lowest BCUT2D eigenvalue weighted by Crippen LogP contribution is -2.21. The smallest absolute Gasteiger partial charge is 0.261 e. The number of aromatic nitrogens is 1. The third-order valence-electron chi connectivity index (χ3n) is 2.99. The van der Waals surface area contributed by atoms with E-state index in [0.717, 1.165) is 17.8 Å². The van der Waals surface area contributed by atoms with Crippen LogP contribution >= 0.6 is 0 Å². The van der Waals surface area contributed by atoms with E-state index in [4.69, 9.17) is 0 Å². The van der Waals surface area contributed by atoms with Crippen LogP contribution in [0, 0.1) is 6.92 Å². The molecule has 1 amide bonds. The van der Waals surface area contributed by atoms with Gasteiger partial charge in [-0.1, -0.05) is 12.1 Å². The second-order valence-electron chi connectivity index (χ2n) is 5.29. The molecule has 0 aliphatic heterocycles. The minimum atomic E-state index is -0.404. The van der Waals surface area contributed by atoms with Crippen LogP contribution in [-0.2, 0) is 6.54 Å². The number of hydrogen-bond acceptors (Lipinski definition) is 3. The van der Waals surface area contributed by atoms with Gasteiger partial charge in [0, 0.05) is 30.2 Å². The Bertz CT molecular complexity index is 705. The van der Waals surface area contributed by atoms with Crippen LogP contribution in [0.15, 0.2) is 41.3 Å². The minimum Gasteiger partial charge on any atom is -0.364 e. The second-order valence-corrected chi connectivity index (χ2v) is 5.29. The predicted octanol–water partition coefficient (Wildman–Crippen LogP) is 2.00. The Labute approximate surface area is 123 Å². The summed E-state index contributed by atoms with van der Waals surface area (Å²) < 4.78 is 0. The number of amides is 1. The monoisotopic (exact) mass is 285 g/mol. The fourth-order valence-electron chi connectivity index (χ4n) is 2.06. The number of aryl methyl sites for hydroxylation is 1. The van der Waals surface area contributed by atoms with E-state index in [1.165, 1.54) is 12.3 Å². The van der Waals surface area contributed by atoms with Gasteiger partial charge in [0.25, 0.3) is 5.91 Å². The van der Waals surface area contributed by atoms with Gasteiger partial charge in [-0.3, -0.25) is 9.59 Å². The van der Waals surface area contributed by atoms with Crippen LogP contribution in [0.25, 0.3) is 0 Å². The summed E-state index contributed by atoms with van der Waals surface area (Å²) in [7, 11) is 3.97. The van der Waals surface area contributed by atoms with Crippen LogP contribution in [0.1, 0.15) is 21.6 Å². The van der Waals surface area contributed by atoms with E-state index in [1.54, 1.807) is 13.0 Å². The Hall–Kier alpha value is -2.40. The van der Waals surface area contributed by atoms with Crippen LogP contribution in [0.3, 0.4) is 0 Å². The van der Waals surface area contributed by atoms with E-state index in [-0.39, 0.29) is 11.0 Å². The lowest BCUT2D eigenvalue weighted by molar-refractivity contribution is 0.102. The molecule has 0 saturated heterocycles. The number of rotatable bonds is 4. The summed E-state index contributed by atoms with van der Waals surface area (Å²) in [6.45, 7) is 2.56. The molecule has 0 spiro atoms. The second kappa shape index (κ2) is 6.37. The Morgan fingerprint density at radius 2 is 2.05 bits per heavy atom. The van der Waals surface area contributed by atoms with Crippen molar-refractivity contribution in [3.05, 3.63) is 63.6 Å². The largest absolute Gasteiger partial charge is 0.364 e. The molecule has 1 aromatic carbocycles. The van der Waals surface area contributed by atoms with Crippen molar-refractivity contribution in [3.8, 4) is 0 Å². The number of hydrogen-bond donors (Lipinski definition) is 2. The summed E-state index contributed by atoms with van der Waals surface area (Å²) in [5.41, 5.74) is 2.33. The molecule has 5 nitrogen and oxygen atoms in total. The highest BCUT2D eigenvalue weighted by Crippen LogP contribution is 2.12. The number of carbonyl (C=O) groups is 1. The molecular weight excluding hydrogens is 266 g/mol. The fraction of sp³-hybridized carbons (Fsp3) is 0.250. The molecule has 21 heavy (non-hydrogen) atoms. The Morgan fingerprint density at radius 3 is 2.71 bits per heavy atom. The molecule has 2 rings (SSSR count). The van der Waals surface area contributed by atoms with Crippen molar-refractivity contribution in [1.82, 2.24) is 9.88 Å². The van der Waals surface area contributed by atoms with Gasteiger partial charge in [0.15, 0.2) is 5.43 Å². The van der Waals surface area contributed by atoms with Crippen LogP contribution < -0.4 is 10.7 Å². The molecule has 2 aromatic rings. The van der Waals surface area contributed by atoms with Gasteiger partial charge < -0.3 is 15.2 Å². The molecule has 0 radical (unpaired) electrons. The first-order chi connectivity index (χ1) is 9.95. The van der Waals surface area contributed by atoms with E-state index in [2.05, 4.69) is 10.3 Å². The Balaban J connectivity index is 2.17. The lowest BCUT2D eigenvalue weighted by atomic mass is 10.1. The van der Waals surface area contributed by atoms with Crippen molar-refractivity contribution >= 4 is 11.6 Å². The minimum absolute atomic E-state index is 0.110. The van der Waals surface area contributed by atoms with Gasteiger partial charge in [0.2, 0.25) is 0 Å². The number of benzene rings is 1. The first-order valence-corrected chi connectivity index (χ1v) is 6.70. The maximum absolute atomic E-state index is 12.1. The molecule has 0 aliphatic rings. The molecular formula is C16H19N3O2. The Kier molecular flexibility index (Phi) is 4.55. The molecule has 110 valence electrons. The summed E-state index contributed by atoms with van der Waals surface area (Å²) in [4.78, 5) is 28.9. The zero-order valence-corrected chi connectivity index (χ0v) is 12.4. The number of carbonyl (C=O) groups excluding carboxylic acids is 1. The van der Waals surface area contributed by atoms with E-state index in [1.807, 2.05) is 37.2 Å². The van der Waals surface area contributed by atoms with Gasteiger partial charge in [-0.15, -0.1) is 0 Å². The normalized spacial score (nSPS) is 10.7. The first-order valence-electron chi connectivity index (χ1n) is 6.70. The van der Waals surface area contributed by atoms with Crippen LogP contribution in [0.4, 0.5) is 5.69 Å². The number of anilines is 1. The van der Waals surface area contributed by atoms with Gasteiger partial charge in [0.05, 0.1) is 0 Å². The molecule has 5 heteroatoms. The van der Waals surface area contributed by atoms with Gasteiger partial charge in [-0.05, 0) is 38.7 Å². The maximum Gasteiger partial charge on any atom is 0.261 e. The maximum atomic E-state index is 12.1. The van der Waals surface area contributed by atoms with E-state index in [9.17, 15) is 9.59 Å². The average molecular weight is 285 g/mol. The number of H-pyrrole nitrogens is 1. The standard InChI is InChI=1S/C16H19N3O2/c1-11-7-15(20)14(9-17-11)16(21)18-13-6-4-5-12(8-13)10-19(2)3/h4-9H,10H2,1-3H3,(H,17,20)(H,18,21). The summed E-state index contributed by atoms with van der Waals surface area (Å²) >= 11 is 0. The van der Waals surface area contributed by atoms with Crippen LogP contribution in [0.2, 0.25) is 0 Å². The van der Waals surface area contributed by atoms with Crippen molar-refractivity contribution in [1.29, 1.82) is 0 Å². The van der Waals surface area contributed by atoms with Crippen LogP contribution in [-0.4, -0.2) is 29.9 Å². The predicted molar refractivity (Wildman–Crippen MR) is 83.6 cm³/mol. The quantitative estimate of drug-likeness (QED) is 0.903. The molecule has 0 bridgehead atoms. The molecule has 2 N–H and O–H groups in total. The summed E-state index contributed by atoms with van der Waals surface area (Å²) in [5.74, 6) is -0.404. The van der Waals surface area contributed by atoms with Crippen molar-refractivity contribution in [2.75, 3.05) is 19.4 Å². The Morgan fingerprint density at radius 1 is 1.29 bits per heavy atom. The van der Waals surface area contributed by atoms with E-state index >= 15 is 0 Å². The number of nitrogens with zero attached hydrogens (tertiary/aromatic N) is 1. The fourth-order valence-corrected chi connectivity index (χ4v) is 2.06. The molecule has 0 unspecified atom stereocenters. The summed E-state index contributed by atoms with van der Waals surface area (Å²) in [5, 5.41) is 2.75. The zero-order chi connectivity index (χ0) is 15.4. The average Bonchev–Trinajstić information content (AvgIpc) is 2.37. The number of nitrogens with one attached hydrogen (secondary N) is 2. The summed E-state index contributed by atoms with van der Waals surface area (Å²) in [6.07, 6.45) is 1.44. The number of pyridine rings is 1. The molecule has 1 aromatic heterocycles. The highest BCUT2D eigenvalue weighted by Gasteiger charge is 2.10. The molecule has 0 atom stereocenters. The van der Waals surface area contributed by atoms with Crippen molar-refractivity contribution in [3.63, 3.8) is 0 Å². The van der Waals surface area contributed by atoms with E-state index in [0.29, 0.717) is 5.69 Å². The molecule has 0 fully saturated rings. The topological polar surface area (TPSA) is 65.2 Å². The molecule has 1 heterocycles. The van der Waals surface area contributed by atoms with E-state index < -0.39 is 5.91 Å². The number of aromatic amines is 1. The third-order valence-corrected chi connectivity index (χ3v) is 2.99. The first kappa shape index (κ1) is 15.0. The van der Waals surface area contributed by atoms with Gasteiger partial charge in [-0.2, -0.15) is 0 Å². The van der Waals surface area contributed by atoms with Gasteiger partial charge in [-0.25, -0.2) is 0 Å².